The first-order chi connectivity index (χ1) is 9.97. The Morgan fingerprint density at radius 2 is 1.86 bits per heavy atom. The average molecular weight is 329 g/mol. The van der Waals surface area contributed by atoms with Crippen LogP contribution in [0, 0.1) is 5.92 Å². The van der Waals surface area contributed by atoms with E-state index in [-0.39, 0.29) is 6.04 Å². The lowest BCUT2D eigenvalue weighted by Crippen LogP contribution is -2.45. The Kier molecular flexibility index (Phi) is 5.48. The van der Waals surface area contributed by atoms with E-state index in [9.17, 15) is 9.59 Å². The molecule has 1 aliphatic rings. The highest BCUT2D eigenvalue weighted by Gasteiger charge is 2.25. The number of hydrogen-bond donors (Lipinski definition) is 2. The maximum atomic E-state index is 11.9. The zero-order valence-electron chi connectivity index (χ0n) is 11.8. The number of rotatable bonds is 2. The standard InChI is InChI=1S/C15H18Cl2N2O2/c1-9-4-2-3-5-12(9)18-14(20)15(21)19-13-7-6-10(16)8-11(13)17/h6-9,12H,2-5H2,1H3,(H,18,20)(H,19,21)/t9-,12+/m1/s1. The number of carbonyl (C=O) groups is 2. The first kappa shape index (κ1) is 16.1. The molecule has 0 aromatic heterocycles. The predicted molar refractivity (Wildman–Crippen MR) is 84.7 cm³/mol. The Hall–Kier alpha value is -1.26. The number of anilines is 1. The van der Waals surface area contributed by atoms with Crippen molar-refractivity contribution in [3.05, 3.63) is 28.2 Å². The van der Waals surface area contributed by atoms with Crippen LogP contribution in [0.1, 0.15) is 32.6 Å². The van der Waals surface area contributed by atoms with Crippen LogP contribution in [0.2, 0.25) is 10.0 Å². The fourth-order valence-corrected chi connectivity index (χ4v) is 2.99. The molecule has 0 aliphatic heterocycles. The zero-order chi connectivity index (χ0) is 15.4. The van der Waals surface area contributed by atoms with E-state index in [0.29, 0.717) is 21.7 Å². The number of hydrogen-bond acceptors (Lipinski definition) is 2. The fourth-order valence-electron chi connectivity index (χ4n) is 2.53. The molecule has 2 N–H and O–H groups in total. The number of halogens is 2. The van der Waals surface area contributed by atoms with E-state index in [1.807, 2.05) is 0 Å². The van der Waals surface area contributed by atoms with E-state index < -0.39 is 11.8 Å². The summed E-state index contributed by atoms with van der Waals surface area (Å²) in [5.41, 5.74) is 0.373. The molecule has 0 unspecified atom stereocenters. The highest BCUT2D eigenvalue weighted by Crippen LogP contribution is 2.26. The molecule has 1 fully saturated rings. The van der Waals surface area contributed by atoms with Crippen molar-refractivity contribution in [3.63, 3.8) is 0 Å². The Morgan fingerprint density at radius 1 is 1.14 bits per heavy atom. The second kappa shape index (κ2) is 7.14. The molecule has 1 aromatic carbocycles. The molecule has 2 amide bonds. The molecular formula is C15H18Cl2N2O2. The fraction of sp³-hybridized carbons (Fsp3) is 0.467. The summed E-state index contributed by atoms with van der Waals surface area (Å²) in [6.07, 6.45) is 4.26. The number of amides is 2. The minimum atomic E-state index is -0.711. The van der Waals surface area contributed by atoms with E-state index >= 15 is 0 Å². The molecule has 21 heavy (non-hydrogen) atoms. The molecule has 0 heterocycles. The van der Waals surface area contributed by atoms with E-state index in [1.54, 1.807) is 12.1 Å². The molecule has 2 rings (SSSR count). The van der Waals surface area contributed by atoms with Gasteiger partial charge in [-0.05, 0) is 37.0 Å². The van der Waals surface area contributed by atoms with Crippen LogP contribution in [-0.2, 0) is 9.59 Å². The Morgan fingerprint density at radius 3 is 2.52 bits per heavy atom. The number of nitrogens with one attached hydrogen (secondary N) is 2. The monoisotopic (exact) mass is 328 g/mol. The van der Waals surface area contributed by atoms with E-state index in [0.717, 1.165) is 19.3 Å². The van der Waals surface area contributed by atoms with Gasteiger partial charge in [0.05, 0.1) is 10.7 Å². The van der Waals surface area contributed by atoms with Crippen molar-refractivity contribution >= 4 is 40.7 Å². The Bertz CT molecular complexity index is 548. The summed E-state index contributed by atoms with van der Waals surface area (Å²) in [7, 11) is 0. The average Bonchev–Trinajstić information content (AvgIpc) is 2.44. The topological polar surface area (TPSA) is 58.2 Å². The van der Waals surface area contributed by atoms with Crippen molar-refractivity contribution in [2.45, 2.75) is 38.6 Å². The summed E-state index contributed by atoms with van der Waals surface area (Å²) >= 11 is 11.7. The van der Waals surface area contributed by atoms with Gasteiger partial charge in [-0.2, -0.15) is 0 Å². The molecule has 1 aromatic rings. The molecule has 1 saturated carbocycles. The molecule has 0 saturated heterocycles. The predicted octanol–water partition coefficient (Wildman–Crippen LogP) is 3.63. The van der Waals surface area contributed by atoms with Gasteiger partial charge in [0.15, 0.2) is 0 Å². The van der Waals surface area contributed by atoms with Crippen LogP contribution >= 0.6 is 23.2 Å². The van der Waals surface area contributed by atoms with Gasteiger partial charge in [0.1, 0.15) is 0 Å². The third kappa shape index (κ3) is 4.35. The molecule has 0 spiro atoms. The largest absolute Gasteiger partial charge is 0.345 e. The van der Waals surface area contributed by atoms with Crippen LogP contribution in [0.25, 0.3) is 0 Å². The first-order valence-electron chi connectivity index (χ1n) is 7.04. The summed E-state index contributed by atoms with van der Waals surface area (Å²) in [5.74, 6) is -0.939. The molecule has 1 aliphatic carbocycles. The lowest BCUT2D eigenvalue weighted by molar-refractivity contribution is -0.137. The maximum Gasteiger partial charge on any atom is 0.313 e. The van der Waals surface area contributed by atoms with Gasteiger partial charge in [0.25, 0.3) is 0 Å². The van der Waals surface area contributed by atoms with Crippen LogP contribution in [-0.4, -0.2) is 17.9 Å². The molecule has 0 bridgehead atoms. The van der Waals surface area contributed by atoms with Crippen molar-refractivity contribution in [3.8, 4) is 0 Å². The van der Waals surface area contributed by atoms with Gasteiger partial charge >= 0.3 is 11.8 Å². The highest BCUT2D eigenvalue weighted by atomic mass is 35.5. The smallest absolute Gasteiger partial charge is 0.313 e. The van der Waals surface area contributed by atoms with Gasteiger partial charge < -0.3 is 10.6 Å². The summed E-state index contributed by atoms with van der Waals surface area (Å²) in [4.78, 5) is 23.9. The Balaban J connectivity index is 1.94. The van der Waals surface area contributed by atoms with Crippen LogP contribution in [0.5, 0.6) is 0 Å². The molecule has 2 atom stereocenters. The molecule has 4 nitrogen and oxygen atoms in total. The van der Waals surface area contributed by atoms with Crippen LogP contribution in [0.4, 0.5) is 5.69 Å². The SMILES string of the molecule is C[C@@H]1CCCC[C@@H]1NC(=O)C(=O)Nc1ccc(Cl)cc1Cl. The third-order valence-electron chi connectivity index (χ3n) is 3.81. The molecule has 114 valence electrons. The highest BCUT2D eigenvalue weighted by molar-refractivity contribution is 6.42. The van der Waals surface area contributed by atoms with Gasteiger partial charge in [-0.1, -0.05) is 43.0 Å². The van der Waals surface area contributed by atoms with Crippen LogP contribution in [0.3, 0.4) is 0 Å². The van der Waals surface area contributed by atoms with Crippen LogP contribution < -0.4 is 10.6 Å². The van der Waals surface area contributed by atoms with Gasteiger partial charge in [-0.25, -0.2) is 0 Å². The molecule has 6 heteroatoms. The minimum Gasteiger partial charge on any atom is -0.345 e. The number of carbonyl (C=O) groups excluding carboxylic acids is 2. The Labute approximate surface area is 134 Å². The van der Waals surface area contributed by atoms with Gasteiger partial charge in [-0.3, -0.25) is 9.59 Å². The first-order valence-corrected chi connectivity index (χ1v) is 7.80. The number of benzene rings is 1. The van der Waals surface area contributed by atoms with Gasteiger partial charge in [-0.15, -0.1) is 0 Å². The summed E-state index contributed by atoms with van der Waals surface area (Å²) in [5, 5.41) is 6.07. The second-order valence-corrected chi connectivity index (χ2v) is 6.26. The third-order valence-corrected chi connectivity index (χ3v) is 4.36. The van der Waals surface area contributed by atoms with Crippen molar-refractivity contribution < 1.29 is 9.59 Å². The zero-order valence-corrected chi connectivity index (χ0v) is 13.3. The van der Waals surface area contributed by atoms with Crippen molar-refractivity contribution in [2.24, 2.45) is 5.92 Å². The summed E-state index contributed by atoms with van der Waals surface area (Å²) in [6, 6.07) is 4.75. The van der Waals surface area contributed by atoms with Gasteiger partial charge in [0, 0.05) is 11.1 Å². The van der Waals surface area contributed by atoms with E-state index in [1.165, 1.54) is 12.5 Å². The lowest BCUT2D eigenvalue weighted by Gasteiger charge is -2.29. The minimum absolute atomic E-state index is 0.0673. The van der Waals surface area contributed by atoms with E-state index in [2.05, 4.69) is 17.6 Å². The van der Waals surface area contributed by atoms with Gasteiger partial charge in [0.2, 0.25) is 0 Å². The summed E-state index contributed by atoms with van der Waals surface area (Å²) in [6.45, 7) is 2.10. The molecular weight excluding hydrogens is 311 g/mol. The summed E-state index contributed by atoms with van der Waals surface area (Å²) < 4.78 is 0. The quantitative estimate of drug-likeness (QED) is 0.814. The van der Waals surface area contributed by atoms with Crippen molar-refractivity contribution in [1.29, 1.82) is 0 Å². The normalized spacial score (nSPS) is 21.7. The van der Waals surface area contributed by atoms with Crippen molar-refractivity contribution in [1.82, 2.24) is 5.32 Å². The van der Waals surface area contributed by atoms with E-state index in [4.69, 9.17) is 23.2 Å². The maximum absolute atomic E-state index is 11.9. The van der Waals surface area contributed by atoms with Crippen LogP contribution in [0.15, 0.2) is 18.2 Å². The molecule has 0 radical (unpaired) electrons. The van der Waals surface area contributed by atoms with Crippen molar-refractivity contribution in [2.75, 3.05) is 5.32 Å². The second-order valence-electron chi connectivity index (χ2n) is 5.42. The lowest BCUT2D eigenvalue weighted by atomic mass is 9.86.